The minimum Gasteiger partial charge on any atom is -0.331 e. The molecular weight excluding hydrogens is 641 g/mol. The number of hydrogen-bond acceptors (Lipinski definition) is 2. The molecule has 0 bridgehead atoms. The molecule has 0 N–H and O–H groups in total. The summed E-state index contributed by atoms with van der Waals surface area (Å²) in [5.41, 5.74) is 13.2. The average molecular weight is 697 g/mol. The van der Waals surface area contributed by atoms with Crippen LogP contribution in [0.3, 0.4) is 0 Å². The fraction of sp³-hybridized carbons (Fsp3) is 0.333. The Hall–Kier alpha value is -4.82. The molecule has 0 spiro atoms. The fourth-order valence-electron chi connectivity index (χ4n) is 9.32. The maximum atomic E-state index is 2.66. The number of aryl methyl sites for hydroxylation is 1. The Morgan fingerprint density at radius 2 is 1.28 bits per heavy atom. The van der Waals surface area contributed by atoms with Gasteiger partial charge in [-0.3, -0.25) is 0 Å². The number of anilines is 3. The van der Waals surface area contributed by atoms with Gasteiger partial charge >= 0.3 is 0 Å². The standard InChI is InChI=1S/C51H56N2/c1-38-12-6-7-15-45(25-17-38)52(46-26-18-40(3)19-27-46)47-29-21-42(22-30-47)50(33-8-5-9-34-50)43-23-31-49(32-24-43)53(48-16-10-13-39(2)20-28-48)51-35-11-14-41(4)36-44(51)37-51/h6,11-13,15-32,35-36,38,44H,5,7-10,14,33-34,37H2,1-4H3/b12-6+,25-17-,45-15+. The highest BCUT2D eigenvalue weighted by atomic mass is 15.3. The average Bonchev–Trinajstić information content (AvgIpc) is 3.92. The molecule has 2 heteroatoms. The van der Waals surface area contributed by atoms with Crippen LogP contribution in [0.25, 0.3) is 0 Å². The molecular formula is C51H56N2. The molecule has 2 saturated carbocycles. The van der Waals surface area contributed by atoms with Crippen LogP contribution >= 0.6 is 0 Å². The first-order chi connectivity index (χ1) is 25.8. The van der Waals surface area contributed by atoms with Gasteiger partial charge in [0.1, 0.15) is 0 Å². The molecule has 0 radical (unpaired) electrons. The molecule has 3 unspecified atom stereocenters. The van der Waals surface area contributed by atoms with Crippen LogP contribution < -0.4 is 9.80 Å². The summed E-state index contributed by atoms with van der Waals surface area (Å²) in [4.78, 5) is 5.09. The van der Waals surface area contributed by atoms with E-state index in [4.69, 9.17) is 0 Å². The van der Waals surface area contributed by atoms with Crippen molar-refractivity contribution in [1.82, 2.24) is 0 Å². The number of allylic oxidation sites excluding steroid dienone is 12. The van der Waals surface area contributed by atoms with Crippen LogP contribution in [0.2, 0.25) is 0 Å². The van der Waals surface area contributed by atoms with Gasteiger partial charge in [-0.1, -0.05) is 140 Å². The summed E-state index contributed by atoms with van der Waals surface area (Å²) in [5.74, 6) is 0.964. The molecule has 3 atom stereocenters. The monoisotopic (exact) mass is 696 g/mol. The minimum atomic E-state index is 0.00477. The molecule has 53 heavy (non-hydrogen) atoms. The van der Waals surface area contributed by atoms with E-state index in [2.05, 4.69) is 183 Å². The zero-order chi connectivity index (χ0) is 36.4. The van der Waals surface area contributed by atoms with Gasteiger partial charge in [-0.25, -0.2) is 0 Å². The van der Waals surface area contributed by atoms with Gasteiger partial charge in [-0.2, -0.15) is 0 Å². The number of hydrogen-bond donors (Lipinski definition) is 0. The van der Waals surface area contributed by atoms with E-state index in [1.165, 1.54) is 94.8 Å². The third kappa shape index (κ3) is 7.13. The van der Waals surface area contributed by atoms with E-state index in [0.717, 1.165) is 19.3 Å². The van der Waals surface area contributed by atoms with Crippen LogP contribution in [0.1, 0.15) is 95.2 Å². The highest BCUT2D eigenvalue weighted by molar-refractivity contribution is 5.71. The second-order valence-corrected chi connectivity index (χ2v) is 16.3. The summed E-state index contributed by atoms with van der Waals surface area (Å²) >= 11 is 0. The van der Waals surface area contributed by atoms with Crippen LogP contribution in [-0.2, 0) is 5.41 Å². The van der Waals surface area contributed by atoms with Crippen molar-refractivity contribution < 1.29 is 0 Å². The maximum absolute atomic E-state index is 2.66. The highest BCUT2D eigenvalue weighted by Gasteiger charge is 2.56. The van der Waals surface area contributed by atoms with Gasteiger partial charge in [0.25, 0.3) is 0 Å². The summed E-state index contributed by atoms with van der Waals surface area (Å²) in [6.45, 7) is 8.92. The van der Waals surface area contributed by atoms with Crippen molar-refractivity contribution in [3.63, 3.8) is 0 Å². The van der Waals surface area contributed by atoms with Crippen molar-refractivity contribution in [3.8, 4) is 0 Å². The van der Waals surface area contributed by atoms with Gasteiger partial charge in [0, 0.05) is 39.8 Å². The third-order valence-corrected chi connectivity index (χ3v) is 12.4. The van der Waals surface area contributed by atoms with Crippen LogP contribution in [0.4, 0.5) is 17.1 Å². The summed E-state index contributed by atoms with van der Waals surface area (Å²) in [6.07, 6.45) is 38.7. The lowest BCUT2D eigenvalue weighted by Crippen LogP contribution is -2.36. The summed E-state index contributed by atoms with van der Waals surface area (Å²) in [5, 5.41) is 0. The Morgan fingerprint density at radius 3 is 2.00 bits per heavy atom. The van der Waals surface area contributed by atoms with Crippen LogP contribution in [0, 0.1) is 18.8 Å². The quantitative estimate of drug-likeness (QED) is 0.216. The fourth-order valence-corrected chi connectivity index (χ4v) is 9.32. The second-order valence-electron chi connectivity index (χ2n) is 16.3. The molecule has 0 aromatic heterocycles. The van der Waals surface area contributed by atoms with Gasteiger partial charge in [0.15, 0.2) is 0 Å². The Bertz CT molecular complexity index is 2040. The van der Waals surface area contributed by atoms with E-state index in [-0.39, 0.29) is 11.0 Å². The SMILES string of the molecule is CC1=CCC=C(N(c2ccc(C3(c4ccc(N(C5=C/C/C=C/C(C)/C=C\5)c5ccc(C)cc5)cc4)CCCCC3)cc2)C23C=CCC(C)=CC2C3)C=C1. The summed E-state index contributed by atoms with van der Waals surface area (Å²) in [6, 6.07) is 28.4. The summed E-state index contributed by atoms with van der Waals surface area (Å²) < 4.78 is 0. The zero-order valence-corrected chi connectivity index (χ0v) is 32.3. The van der Waals surface area contributed by atoms with E-state index >= 15 is 0 Å². The Balaban J connectivity index is 1.15. The van der Waals surface area contributed by atoms with E-state index < -0.39 is 0 Å². The molecule has 3 aromatic rings. The van der Waals surface area contributed by atoms with Gasteiger partial charge < -0.3 is 9.80 Å². The van der Waals surface area contributed by atoms with Gasteiger partial charge in [0.05, 0.1) is 5.54 Å². The Labute approximate surface area is 319 Å². The first-order valence-electron chi connectivity index (χ1n) is 20.2. The van der Waals surface area contributed by atoms with E-state index in [0.29, 0.717) is 11.8 Å². The molecule has 2 fully saturated rings. The first-order valence-corrected chi connectivity index (χ1v) is 20.2. The number of benzene rings is 3. The predicted molar refractivity (Wildman–Crippen MR) is 227 cm³/mol. The lowest BCUT2D eigenvalue weighted by molar-refractivity contribution is 0.346. The highest BCUT2D eigenvalue weighted by Crippen LogP contribution is 2.56. The molecule has 2 nitrogen and oxygen atoms in total. The van der Waals surface area contributed by atoms with Crippen LogP contribution in [0.15, 0.2) is 168 Å². The Kier molecular flexibility index (Phi) is 9.90. The third-order valence-electron chi connectivity index (χ3n) is 12.4. The summed E-state index contributed by atoms with van der Waals surface area (Å²) in [7, 11) is 0. The first kappa shape index (κ1) is 35.2. The molecule has 5 aliphatic carbocycles. The number of rotatable bonds is 8. The maximum Gasteiger partial charge on any atom is 0.0703 e. The van der Waals surface area contributed by atoms with Gasteiger partial charge in [-0.05, 0) is 125 Å². The van der Waals surface area contributed by atoms with Crippen molar-refractivity contribution in [2.24, 2.45) is 11.8 Å². The predicted octanol–water partition coefficient (Wildman–Crippen LogP) is 13.7. The van der Waals surface area contributed by atoms with Crippen molar-refractivity contribution in [2.75, 3.05) is 9.80 Å². The van der Waals surface area contributed by atoms with Gasteiger partial charge in [0.2, 0.25) is 0 Å². The van der Waals surface area contributed by atoms with Crippen LogP contribution in [0.5, 0.6) is 0 Å². The molecule has 8 rings (SSSR count). The van der Waals surface area contributed by atoms with Crippen molar-refractivity contribution in [3.05, 3.63) is 185 Å². The second kappa shape index (κ2) is 14.9. The van der Waals surface area contributed by atoms with Crippen molar-refractivity contribution >= 4 is 17.1 Å². The molecule has 0 aliphatic heterocycles. The normalized spacial score (nSPS) is 26.9. The van der Waals surface area contributed by atoms with Gasteiger partial charge in [-0.15, -0.1) is 0 Å². The molecule has 270 valence electrons. The van der Waals surface area contributed by atoms with E-state index in [1.54, 1.807) is 0 Å². The molecule has 0 heterocycles. The number of nitrogens with zero attached hydrogens (tertiary/aromatic N) is 2. The van der Waals surface area contributed by atoms with Crippen molar-refractivity contribution in [1.29, 1.82) is 0 Å². The lowest BCUT2D eigenvalue weighted by atomic mass is 9.65. The Morgan fingerprint density at radius 1 is 0.623 bits per heavy atom. The zero-order valence-electron chi connectivity index (χ0n) is 32.3. The topological polar surface area (TPSA) is 6.48 Å². The van der Waals surface area contributed by atoms with E-state index in [1.807, 2.05) is 0 Å². The molecule has 0 amide bonds. The molecule has 3 aromatic carbocycles. The van der Waals surface area contributed by atoms with E-state index in [9.17, 15) is 0 Å². The smallest absolute Gasteiger partial charge is 0.0703 e. The minimum absolute atomic E-state index is 0.00477. The lowest BCUT2D eigenvalue weighted by Gasteiger charge is -2.40. The number of fused-ring (bicyclic) bond motifs is 1. The molecule has 5 aliphatic rings. The largest absolute Gasteiger partial charge is 0.331 e. The van der Waals surface area contributed by atoms with Crippen molar-refractivity contribution in [2.45, 2.75) is 96.4 Å². The molecule has 0 saturated heterocycles. The van der Waals surface area contributed by atoms with Crippen LogP contribution in [-0.4, -0.2) is 5.54 Å².